The molecule has 0 spiro atoms. The molecule has 0 saturated heterocycles. The number of anilines is 1. The van der Waals surface area contributed by atoms with E-state index in [1.54, 1.807) is 17.5 Å². The maximum atomic E-state index is 13.0. The zero-order chi connectivity index (χ0) is 18.5. The van der Waals surface area contributed by atoms with Crippen LogP contribution in [0.2, 0.25) is 0 Å². The van der Waals surface area contributed by atoms with Gasteiger partial charge >= 0.3 is 0 Å². The van der Waals surface area contributed by atoms with Crippen molar-refractivity contribution in [2.24, 2.45) is 12.0 Å². The van der Waals surface area contributed by atoms with E-state index in [0.29, 0.717) is 23.6 Å². The monoisotopic (exact) mass is 397 g/mol. The van der Waals surface area contributed by atoms with E-state index in [2.05, 4.69) is 15.1 Å². The fraction of sp³-hybridized carbons (Fsp3) is 0.235. The number of aryl methyl sites for hydroxylation is 1. The number of allylic oxidation sites excluding steroid dienone is 1. The first kappa shape index (κ1) is 16.3. The van der Waals surface area contributed by atoms with E-state index < -0.39 is 0 Å². The van der Waals surface area contributed by atoms with Gasteiger partial charge in [-0.25, -0.2) is 14.6 Å². The van der Waals surface area contributed by atoms with Crippen molar-refractivity contribution >= 4 is 54.8 Å². The number of nitrogen functional groups attached to an aromatic ring is 1. The Morgan fingerprint density at radius 1 is 1.33 bits per heavy atom. The molecule has 5 heterocycles. The first-order valence-corrected chi connectivity index (χ1v) is 10.0. The minimum Gasteiger partial charge on any atom is -0.375 e. The molecule has 10 heteroatoms. The van der Waals surface area contributed by atoms with Crippen molar-refractivity contribution < 1.29 is 0 Å². The lowest BCUT2D eigenvalue weighted by molar-refractivity contribution is 0.635. The van der Waals surface area contributed by atoms with Gasteiger partial charge < -0.3 is 10.3 Å². The van der Waals surface area contributed by atoms with E-state index in [1.807, 2.05) is 29.1 Å². The van der Waals surface area contributed by atoms with Crippen molar-refractivity contribution in [2.75, 3.05) is 12.3 Å². The minimum atomic E-state index is -0.156. The summed E-state index contributed by atoms with van der Waals surface area (Å²) >= 11 is 2.95. The summed E-state index contributed by atoms with van der Waals surface area (Å²) in [4.78, 5) is 26.3. The largest absolute Gasteiger partial charge is 0.375 e. The molecule has 136 valence electrons. The number of thiazole rings is 2. The molecule has 0 saturated carbocycles. The van der Waals surface area contributed by atoms with Crippen LogP contribution in [0.1, 0.15) is 10.7 Å². The summed E-state index contributed by atoms with van der Waals surface area (Å²) in [5.41, 5.74) is 8.70. The number of hydrogen-bond acceptors (Lipinski definition) is 8. The number of aromatic nitrogens is 5. The first-order valence-electron chi connectivity index (χ1n) is 8.34. The molecule has 1 aliphatic rings. The van der Waals surface area contributed by atoms with Crippen LogP contribution in [-0.2, 0) is 20.0 Å². The molecule has 1 aliphatic heterocycles. The molecule has 0 radical (unpaired) electrons. The SMILES string of the molecule is Cn1c2nc(CC3=NCC=C3)sc2c2cnn(Cc3csc(N)n3)c(=O)c21. The van der Waals surface area contributed by atoms with Gasteiger partial charge in [0.2, 0.25) is 0 Å². The fourth-order valence-electron chi connectivity index (χ4n) is 3.25. The molecule has 0 atom stereocenters. The van der Waals surface area contributed by atoms with Crippen LogP contribution in [0.15, 0.2) is 33.5 Å². The van der Waals surface area contributed by atoms with Crippen LogP contribution in [0.25, 0.3) is 21.3 Å². The van der Waals surface area contributed by atoms with Crippen molar-refractivity contribution in [2.45, 2.75) is 13.0 Å². The fourth-order valence-corrected chi connectivity index (χ4v) is 4.93. The van der Waals surface area contributed by atoms with Crippen molar-refractivity contribution in [3.8, 4) is 0 Å². The van der Waals surface area contributed by atoms with Crippen LogP contribution in [0.4, 0.5) is 5.13 Å². The van der Waals surface area contributed by atoms with Crippen molar-refractivity contribution in [1.82, 2.24) is 24.3 Å². The maximum absolute atomic E-state index is 13.0. The molecule has 8 nitrogen and oxygen atoms in total. The number of nitrogens with zero attached hydrogens (tertiary/aromatic N) is 6. The maximum Gasteiger partial charge on any atom is 0.291 e. The molecule has 0 bridgehead atoms. The van der Waals surface area contributed by atoms with E-state index in [9.17, 15) is 4.79 Å². The highest BCUT2D eigenvalue weighted by atomic mass is 32.1. The molecular formula is C17H15N7OS2. The Bertz CT molecular complexity index is 1300. The molecular weight excluding hydrogens is 382 g/mol. The molecule has 0 aliphatic carbocycles. The highest BCUT2D eigenvalue weighted by Crippen LogP contribution is 2.31. The standard InChI is InChI=1S/C17H15N7OS2/c1-23-13-11(6-20-24(16(13)25)7-10-8-26-17(18)21-10)14-15(23)22-12(27-14)5-9-3-2-4-19-9/h2-3,6,8H,4-5,7H2,1H3,(H2,18,21). The van der Waals surface area contributed by atoms with Crippen molar-refractivity contribution in [3.05, 3.63) is 44.8 Å². The Morgan fingerprint density at radius 3 is 2.96 bits per heavy atom. The minimum absolute atomic E-state index is 0.156. The second kappa shape index (κ2) is 6.10. The van der Waals surface area contributed by atoms with E-state index in [-0.39, 0.29) is 5.56 Å². The predicted molar refractivity (Wildman–Crippen MR) is 109 cm³/mol. The van der Waals surface area contributed by atoms with Crippen LogP contribution in [0, 0.1) is 0 Å². The Balaban J connectivity index is 1.59. The van der Waals surface area contributed by atoms with Gasteiger partial charge in [0.1, 0.15) is 10.5 Å². The van der Waals surface area contributed by atoms with Gasteiger partial charge in [0.15, 0.2) is 10.8 Å². The normalized spacial score (nSPS) is 13.9. The quantitative estimate of drug-likeness (QED) is 0.567. The van der Waals surface area contributed by atoms with E-state index >= 15 is 0 Å². The molecule has 27 heavy (non-hydrogen) atoms. The Morgan fingerprint density at radius 2 is 2.22 bits per heavy atom. The van der Waals surface area contributed by atoms with Gasteiger partial charge in [0, 0.05) is 29.9 Å². The molecule has 0 aromatic carbocycles. The molecule has 4 aromatic heterocycles. The third-order valence-corrected chi connectivity index (χ3v) is 6.29. The number of hydrogen-bond donors (Lipinski definition) is 1. The van der Waals surface area contributed by atoms with Crippen LogP contribution >= 0.6 is 22.7 Å². The average molecular weight is 397 g/mol. The summed E-state index contributed by atoms with van der Waals surface area (Å²) in [5, 5.41) is 8.49. The van der Waals surface area contributed by atoms with Crippen molar-refractivity contribution in [3.63, 3.8) is 0 Å². The summed E-state index contributed by atoms with van der Waals surface area (Å²) in [6.45, 7) is 1.05. The summed E-state index contributed by atoms with van der Waals surface area (Å²) in [6, 6.07) is 0. The lowest BCUT2D eigenvalue weighted by atomic mass is 10.3. The third-order valence-electron chi connectivity index (χ3n) is 4.49. The van der Waals surface area contributed by atoms with Gasteiger partial charge in [-0.15, -0.1) is 22.7 Å². The zero-order valence-electron chi connectivity index (χ0n) is 14.4. The lowest BCUT2D eigenvalue weighted by Gasteiger charge is -2.03. The lowest BCUT2D eigenvalue weighted by Crippen LogP contribution is -2.24. The van der Waals surface area contributed by atoms with Crippen LogP contribution in [-0.4, -0.2) is 36.6 Å². The van der Waals surface area contributed by atoms with Crippen molar-refractivity contribution in [1.29, 1.82) is 0 Å². The summed E-state index contributed by atoms with van der Waals surface area (Å²) in [6.07, 6.45) is 6.53. The van der Waals surface area contributed by atoms with Gasteiger partial charge in [-0.05, 0) is 6.08 Å². The number of nitrogens with two attached hydrogens (primary N) is 1. The predicted octanol–water partition coefficient (Wildman–Crippen LogP) is 1.98. The van der Waals surface area contributed by atoms with Crippen LogP contribution in [0.5, 0.6) is 0 Å². The molecule has 5 rings (SSSR count). The molecule has 0 amide bonds. The first-order chi connectivity index (χ1) is 13.1. The Hall–Kier alpha value is -2.85. The summed E-state index contributed by atoms with van der Waals surface area (Å²) < 4.78 is 4.26. The van der Waals surface area contributed by atoms with E-state index in [0.717, 1.165) is 38.7 Å². The molecule has 0 fully saturated rings. The third kappa shape index (κ3) is 2.68. The van der Waals surface area contributed by atoms with Gasteiger partial charge in [0.25, 0.3) is 5.56 Å². The van der Waals surface area contributed by atoms with Crippen LogP contribution < -0.4 is 11.3 Å². The average Bonchev–Trinajstić information content (AvgIpc) is 3.40. The number of rotatable bonds is 4. The highest BCUT2D eigenvalue weighted by Gasteiger charge is 2.19. The summed E-state index contributed by atoms with van der Waals surface area (Å²) in [5.74, 6) is 0. The van der Waals surface area contributed by atoms with E-state index in [4.69, 9.17) is 10.7 Å². The Labute approximate surface area is 161 Å². The summed E-state index contributed by atoms with van der Waals surface area (Å²) in [7, 11) is 1.87. The second-order valence-electron chi connectivity index (χ2n) is 6.28. The smallest absolute Gasteiger partial charge is 0.291 e. The highest BCUT2D eigenvalue weighted by molar-refractivity contribution is 7.19. The number of aliphatic imine (C=N–C) groups is 1. The molecule has 0 unspecified atom stereocenters. The Kier molecular flexibility index (Phi) is 3.69. The van der Waals surface area contributed by atoms with E-state index in [1.165, 1.54) is 16.0 Å². The number of fused-ring (bicyclic) bond motifs is 3. The van der Waals surface area contributed by atoms with Gasteiger partial charge in [-0.3, -0.25) is 9.79 Å². The topological polar surface area (TPSA) is 104 Å². The molecule has 4 aromatic rings. The van der Waals surface area contributed by atoms with Gasteiger partial charge in [-0.2, -0.15) is 5.10 Å². The zero-order valence-corrected chi connectivity index (χ0v) is 16.0. The second-order valence-corrected chi connectivity index (χ2v) is 8.25. The van der Waals surface area contributed by atoms with Crippen LogP contribution in [0.3, 0.4) is 0 Å². The van der Waals surface area contributed by atoms with Gasteiger partial charge in [-0.1, -0.05) is 6.08 Å². The molecule has 2 N–H and O–H groups in total. The van der Waals surface area contributed by atoms with Gasteiger partial charge in [0.05, 0.1) is 29.7 Å².